The molecule has 0 aliphatic rings. The van der Waals surface area contributed by atoms with Crippen molar-refractivity contribution in [3.05, 3.63) is 36.4 Å². The summed E-state index contributed by atoms with van der Waals surface area (Å²) in [5.41, 5.74) is 6.66. The molecule has 0 radical (unpaired) electrons. The van der Waals surface area contributed by atoms with Crippen molar-refractivity contribution in [2.75, 3.05) is 13.7 Å². The number of methoxy groups -OCH3 is 1. The van der Waals surface area contributed by atoms with Crippen LogP contribution in [0.25, 0.3) is 0 Å². The van der Waals surface area contributed by atoms with Crippen molar-refractivity contribution in [1.29, 1.82) is 0 Å². The molecule has 1 atom stereocenters. The van der Waals surface area contributed by atoms with Gasteiger partial charge in [0.15, 0.2) is 11.5 Å². The molecule has 2 N–H and O–H groups in total. The van der Waals surface area contributed by atoms with Gasteiger partial charge in [0, 0.05) is 0 Å². The molecule has 0 saturated heterocycles. The number of rotatable bonds is 6. The molecule has 0 aromatic heterocycles. The van der Waals surface area contributed by atoms with Crippen LogP contribution in [0.5, 0.6) is 11.5 Å². The molecular formula is C13H19NO2. The fraction of sp³-hybridized carbons (Fsp3) is 0.385. The molecule has 0 aliphatic heterocycles. The lowest BCUT2D eigenvalue weighted by Gasteiger charge is -2.14. The maximum Gasteiger partial charge on any atom is 0.162 e. The summed E-state index contributed by atoms with van der Waals surface area (Å²) in [5.74, 6) is 1.47. The number of ether oxygens (including phenoxy) is 2. The molecule has 1 aromatic rings. The Bertz CT molecular complexity index is 350. The molecule has 3 nitrogen and oxygen atoms in total. The van der Waals surface area contributed by atoms with Gasteiger partial charge >= 0.3 is 0 Å². The van der Waals surface area contributed by atoms with E-state index in [4.69, 9.17) is 15.2 Å². The summed E-state index contributed by atoms with van der Waals surface area (Å²) in [5, 5.41) is 0. The van der Waals surface area contributed by atoms with E-state index in [0.717, 1.165) is 23.5 Å². The second-order valence-corrected chi connectivity index (χ2v) is 3.58. The Balaban J connectivity index is 2.88. The van der Waals surface area contributed by atoms with E-state index in [1.165, 1.54) is 0 Å². The van der Waals surface area contributed by atoms with E-state index < -0.39 is 0 Å². The van der Waals surface area contributed by atoms with E-state index in [0.29, 0.717) is 6.54 Å². The Kier molecular flexibility index (Phi) is 4.86. The number of hydrogen-bond donors (Lipinski definition) is 1. The number of hydrogen-bond acceptors (Lipinski definition) is 3. The predicted molar refractivity (Wildman–Crippen MR) is 66.0 cm³/mol. The third-order valence-electron chi connectivity index (χ3n) is 2.31. The summed E-state index contributed by atoms with van der Waals surface area (Å²) in [6.07, 6.45) is 2.55. The highest BCUT2D eigenvalue weighted by atomic mass is 16.5. The summed E-state index contributed by atoms with van der Waals surface area (Å²) < 4.78 is 10.9. The minimum absolute atomic E-state index is 0.0331. The highest BCUT2D eigenvalue weighted by Gasteiger charge is 2.07. The van der Waals surface area contributed by atoms with Crippen molar-refractivity contribution in [2.45, 2.75) is 19.4 Å². The maximum absolute atomic E-state index is 5.64. The Morgan fingerprint density at radius 2 is 2.19 bits per heavy atom. The number of nitrogens with two attached hydrogens (primary N) is 1. The SMILES string of the molecule is C=CC(C)Oc1ccc(CCN)cc1OC. The van der Waals surface area contributed by atoms with E-state index >= 15 is 0 Å². The molecule has 88 valence electrons. The zero-order chi connectivity index (χ0) is 12.0. The monoisotopic (exact) mass is 221 g/mol. The van der Waals surface area contributed by atoms with Gasteiger partial charge < -0.3 is 15.2 Å². The second kappa shape index (κ2) is 6.18. The molecule has 0 saturated carbocycles. The first-order valence-electron chi connectivity index (χ1n) is 5.37. The fourth-order valence-electron chi connectivity index (χ4n) is 1.38. The minimum Gasteiger partial charge on any atom is -0.493 e. The van der Waals surface area contributed by atoms with E-state index in [9.17, 15) is 0 Å². The normalized spacial score (nSPS) is 11.9. The van der Waals surface area contributed by atoms with Crippen molar-refractivity contribution >= 4 is 0 Å². The average Bonchev–Trinajstić information content (AvgIpc) is 2.31. The molecule has 0 bridgehead atoms. The first kappa shape index (κ1) is 12.6. The van der Waals surface area contributed by atoms with Crippen LogP contribution in [0.15, 0.2) is 30.9 Å². The summed E-state index contributed by atoms with van der Waals surface area (Å²) in [4.78, 5) is 0. The molecule has 0 aliphatic carbocycles. The van der Waals surface area contributed by atoms with Gasteiger partial charge in [-0.2, -0.15) is 0 Å². The number of benzene rings is 1. The zero-order valence-corrected chi connectivity index (χ0v) is 9.90. The molecule has 1 aromatic carbocycles. The maximum atomic E-state index is 5.64. The fourth-order valence-corrected chi connectivity index (χ4v) is 1.38. The van der Waals surface area contributed by atoms with Gasteiger partial charge in [0.25, 0.3) is 0 Å². The van der Waals surface area contributed by atoms with Gasteiger partial charge in [-0.05, 0) is 37.6 Å². The molecular weight excluding hydrogens is 202 g/mol. The predicted octanol–water partition coefficient (Wildman–Crippen LogP) is 2.15. The standard InChI is InChI=1S/C13H19NO2/c1-4-10(2)16-12-6-5-11(7-8-14)9-13(12)15-3/h4-6,9-10H,1,7-8,14H2,2-3H3. The molecule has 1 unspecified atom stereocenters. The van der Waals surface area contributed by atoms with Crippen LogP contribution in [0.1, 0.15) is 12.5 Å². The van der Waals surface area contributed by atoms with Crippen molar-refractivity contribution in [1.82, 2.24) is 0 Å². The van der Waals surface area contributed by atoms with Gasteiger partial charge in [-0.25, -0.2) is 0 Å². The molecule has 0 fully saturated rings. The second-order valence-electron chi connectivity index (χ2n) is 3.58. The van der Waals surface area contributed by atoms with Gasteiger partial charge in [-0.3, -0.25) is 0 Å². The third-order valence-corrected chi connectivity index (χ3v) is 2.31. The molecule has 1 rings (SSSR count). The van der Waals surface area contributed by atoms with Crippen molar-refractivity contribution in [3.8, 4) is 11.5 Å². The lowest BCUT2D eigenvalue weighted by molar-refractivity contribution is 0.254. The molecule has 16 heavy (non-hydrogen) atoms. The quantitative estimate of drug-likeness (QED) is 0.749. The van der Waals surface area contributed by atoms with E-state index in [1.54, 1.807) is 13.2 Å². The van der Waals surface area contributed by atoms with E-state index in [-0.39, 0.29) is 6.10 Å². The van der Waals surface area contributed by atoms with Crippen LogP contribution in [0, 0.1) is 0 Å². The zero-order valence-electron chi connectivity index (χ0n) is 9.90. The molecule has 3 heteroatoms. The first-order chi connectivity index (χ1) is 7.71. The average molecular weight is 221 g/mol. The van der Waals surface area contributed by atoms with Crippen LogP contribution in [-0.2, 0) is 6.42 Å². The van der Waals surface area contributed by atoms with Crippen LogP contribution in [-0.4, -0.2) is 19.8 Å². The van der Waals surface area contributed by atoms with Crippen LogP contribution in [0.2, 0.25) is 0 Å². The topological polar surface area (TPSA) is 44.5 Å². The Morgan fingerprint density at radius 3 is 2.75 bits per heavy atom. The summed E-state index contributed by atoms with van der Waals surface area (Å²) >= 11 is 0. The Hall–Kier alpha value is -1.48. The van der Waals surface area contributed by atoms with Crippen LogP contribution in [0.4, 0.5) is 0 Å². The van der Waals surface area contributed by atoms with Crippen molar-refractivity contribution < 1.29 is 9.47 Å². The summed E-state index contributed by atoms with van der Waals surface area (Å²) in [6.45, 7) is 6.24. The minimum atomic E-state index is -0.0331. The summed E-state index contributed by atoms with van der Waals surface area (Å²) in [6, 6.07) is 5.86. The Labute approximate surface area is 96.9 Å². The summed E-state index contributed by atoms with van der Waals surface area (Å²) in [7, 11) is 1.63. The largest absolute Gasteiger partial charge is 0.493 e. The van der Waals surface area contributed by atoms with Crippen LogP contribution in [0.3, 0.4) is 0 Å². The highest BCUT2D eigenvalue weighted by molar-refractivity contribution is 5.43. The van der Waals surface area contributed by atoms with Gasteiger partial charge in [0.1, 0.15) is 6.10 Å². The third kappa shape index (κ3) is 3.28. The van der Waals surface area contributed by atoms with Gasteiger partial charge in [-0.1, -0.05) is 18.7 Å². The van der Waals surface area contributed by atoms with Gasteiger partial charge in [0.2, 0.25) is 0 Å². The van der Waals surface area contributed by atoms with Gasteiger partial charge in [0.05, 0.1) is 7.11 Å². The highest BCUT2D eigenvalue weighted by Crippen LogP contribution is 2.29. The smallest absolute Gasteiger partial charge is 0.162 e. The molecule has 0 spiro atoms. The molecule has 0 heterocycles. The van der Waals surface area contributed by atoms with Crippen molar-refractivity contribution in [3.63, 3.8) is 0 Å². The van der Waals surface area contributed by atoms with E-state index in [1.807, 2.05) is 25.1 Å². The first-order valence-corrected chi connectivity index (χ1v) is 5.37. The van der Waals surface area contributed by atoms with E-state index in [2.05, 4.69) is 6.58 Å². The Morgan fingerprint density at radius 1 is 1.44 bits per heavy atom. The van der Waals surface area contributed by atoms with Crippen molar-refractivity contribution in [2.24, 2.45) is 5.73 Å². The lowest BCUT2D eigenvalue weighted by Crippen LogP contribution is -2.09. The van der Waals surface area contributed by atoms with Crippen LogP contribution >= 0.6 is 0 Å². The van der Waals surface area contributed by atoms with Gasteiger partial charge in [-0.15, -0.1) is 0 Å². The van der Waals surface area contributed by atoms with Crippen LogP contribution < -0.4 is 15.2 Å². The molecule has 0 amide bonds. The lowest BCUT2D eigenvalue weighted by atomic mass is 10.1.